The standard InChI is InChI=1S/C23H29FN4O2/c1-15-13-28(22(30)26-21(15)29)18-6-5-9-27(14-18)20(11-23(2,3)4)16-7-8-17(12-25)19(24)10-16/h7-8,10,13,18,20H,5-6,9,11,14H2,1-4H3,(H,26,29,30)/t18-,20?/m0/s1. The van der Waals surface area contributed by atoms with Crippen LogP contribution in [0.15, 0.2) is 34.0 Å². The van der Waals surface area contributed by atoms with Gasteiger partial charge in [-0.2, -0.15) is 5.26 Å². The number of aromatic amines is 1. The molecule has 2 aromatic rings. The molecule has 0 amide bonds. The Bertz CT molecular complexity index is 1070. The molecular formula is C23H29FN4O2. The maximum absolute atomic E-state index is 14.4. The minimum absolute atomic E-state index is 0.00734. The maximum Gasteiger partial charge on any atom is 0.328 e. The fourth-order valence-electron chi connectivity index (χ4n) is 4.22. The first-order valence-corrected chi connectivity index (χ1v) is 10.3. The van der Waals surface area contributed by atoms with E-state index in [0.29, 0.717) is 12.1 Å². The van der Waals surface area contributed by atoms with Crippen LogP contribution in [-0.4, -0.2) is 27.5 Å². The van der Waals surface area contributed by atoms with Gasteiger partial charge >= 0.3 is 5.69 Å². The average molecular weight is 413 g/mol. The quantitative estimate of drug-likeness (QED) is 0.831. The van der Waals surface area contributed by atoms with Gasteiger partial charge in [0.15, 0.2) is 0 Å². The zero-order valence-corrected chi connectivity index (χ0v) is 18.0. The Hall–Kier alpha value is -2.72. The second-order valence-electron chi connectivity index (χ2n) is 9.40. The highest BCUT2D eigenvalue weighted by atomic mass is 19.1. The monoisotopic (exact) mass is 412 g/mol. The maximum atomic E-state index is 14.4. The summed E-state index contributed by atoms with van der Waals surface area (Å²) in [7, 11) is 0. The van der Waals surface area contributed by atoms with E-state index in [2.05, 4.69) is 30.7 Å². The molecule has 0 radical (unpaired) electrons. The first kappa shape index (κ1) is 22.0. The van der Waals surface area contributed by atoms with E-state index in [1.54, 1.807) is 17.7 Å². The summed E-state index contributed by atoms with van der Waals surface area (Å²) in [6.07, 6.45) is 4.18. The Balaban J connectivity index is 1.95. The second-order valence-corrected chi connectivity index (χ2v) is 9.40. The van der Waals surface area contributed by atoms with Gasteiger partial charge in [0.1, 0.15) is 11.9 Å². The first-order chi connectivity index (χ1) is 14.1. The number of likely N-dealkylation sites (tertiary alicyclic amines) is 1. The van der Waals surface area contributed by atoms with Gasteiger partial charge < -0.3 is 0 Å². The lowest BCUT2D eigenvalue weighted by molar-refractivity contribution is 0.0955. The third-order valence-corrected chi connectivity index (χ3v) is 5.71. The fraction of sp³-hybridized carbons (Fsp3) is 0.522. The molecule has 0 aliphatic carbocycles. The van der Waals surface area contributed by atoms with Crippen molar-refractivity contribution in [3.05, 3.63) is 67.7 Å². The predicted octanol–water partition coefficient (Wildman–Crippen LogP) is 3.67. The number of nitrogens with zero attached hydrogens (tertiary/aromatic N) is 3. The van der Waals surface area contributed by atoms with Gasteiger partial charge in [-0.3, -0.25) is 19.2 Å². The number of hydrogen-bond donors (Lipinski definition) is 1. The van der Waals surface area contributed by atoms with Crippen LogP contribution >= 0.6 is 0 Å². The molecule has 1 aliphatic heterocycles. The molecule has 2 heterocycles. The Morgan fingerprint density at radius 1 is 1.33 bits per heavy atom. The van der Waals surface area contributed by atoms with Gasteiger partial charge in [-0.05, 0) is 55.8 Å². The van der Waals surface area contributed by atoms with Gasteiger partial charge in [0.25, 0.3) is 5.56 Å². The number of nitrogens with one attached hydrogen (secondary N) is 1. The zero-order valence-electron chi connectivity index (χ0n) is 18.0. The van der Waals surface area contributed by atoms with Crippen LogP contribution in [0.2, 0.25) is 0 Å². The number of rotatable bonds is 4. The molecular weight excluding hydrogens is 383 g/mol. The van der Waals surface area contributed by atoms with Crippen molar-refractivity contribution in [3.63, 3.8) is 0 Å². The molecule has 6 nitrogen and oxygen atoms in total. The van der Waals surface area contributed by atoms with Gasteiger partial charge in [0.2, 0.25) is 0 Å². The van der Waals surface area contributed by atoms with E-state index in [4.69, 9.17) is 5.26 Å². The third kappa shape index (κ3) is 4.88. The molecule has 0 bridgehead atoms. The molecule has 7 heteroatoms. The number of H-pyrrole nitrogens is 1. The van der Waals surface area contributed by atoms with E-state index >= 15 is 0 Å². The van der Waals surface area contributed by atoms with E-state index in [-0.39, 0.29) is 28.6 Å². The third-order valence-electron chi connectivity index (χ3n) is 5.71. The summed E-state index contributed by atoms with van der Waals surface area (Å²) >= 11 is 0. The zero-order chi connectivity index (χ0) is 22.1. The van der Waals surface area contributed by atoms with Crippen molar-refractivity contribution >= 4 is 0 Å². The molecule has 1 N–H and O–H groups in total. The molecule has 0 spiro atoms. The van der Waals surface area contributed by atoms with Crippen molar-refractivity contribution in [1.29, 1.82) is 5.26 Å². The number of aryl methyl sites for hydroxylation is 1. The highest BCUT2D eigenvalue weighted by molar-refractivity contribution is 5.34. The predicted molar refractivity (Wildman–Crippen MR) is 114 cm³/mol. The Labute approximate surface area is 176 Å². The number of hydrogen-bond acceptors (Lipinski definition) is 4. The minimum Gasteiger partial charge on any atom is -0.296 e. The van der Waals surface area contributed by atoms with Gasteiger partial charge in [0.05, 0.1) is 11.6 Å². The molecule has 3 rings (SSSR count). The summed E-state index contributed by atoms with van der Waals surface area (Å²) in [4.78, 5) is 28.8. The normalized spacial score (nSPS) is 18.7. The van der Waals surface area contributed by atoms with E-state index in [1.165, 1.54) is 12.1 Å². The highest BCUT2D eigenvalue weighted by Crippen LogP contribution is 2.37. The lowest BCUT2D eigenvalue weighted by Crippen LogP contribution is -2.44. The van der Waals surface area contributed by atoms with Crippen LogP contribution in [-0.2, 0) is 0 Å². The van der Waals surface area contributed by atoms with E-state index in [1.807, 2.05) is 12.1 Å². The van der Waals surface area contributed by atoms with Crippen molar-refractivity contribution in [2.24, 2.45) is 5.41 Å². The Morgan fingerprint density at radius 3 is 2.70 bits per heavy atom. The largest absolute Gasteiger partial charge is 0.328 e. The molecule has 1 aromatic carbocycles. The van der Waals surface area contributed by atoms with Crippen molar-refractivity contribution in [3.8, 4) is 6.07 Å². The Kier molecular flexibility index (Phi) is 6.27. The summed E-state index contributed by atoms with van der Waals surface area (Å²) < 4.78 is 16.0. The number of halogens is 1. The topological polar surface area (TPSA) is 81.9 Å². The summed E-state index contributed by atoms with van der Waals surface area (Å²) in [5, 5.41) is 9.05. The van der Waals surface area contributed by atoms with Crippen molar-refractivity contribution < 1.29 is 4.39 Å². The minimum atomic E-state index is -0.505. The highest BCUT2D eigenvalue weighted by Gasteiger charge is 2.31. The summed E-state index contributed by atoms with van der Waals surface area (Å²) in [5.74, 6) is -0.505. The van der Waals surface area contributed by atoms with Crippen molar-refractivity contribution in [1.82, 2.24) is 14.5 Å². The summed E-state index contributed by atoms with van der Waals surface area (Å²) in [6.45, 7) is 9.62. The van der Waals surface area contributed by atoms with Gasteiger partial charge in [-0.1, -0.05) is 26.8 Å². The van der Waals surface area contributed by atoms with E-state index in [0.717, 1.165) is 31.4 Å². The number of benzene rings is 1. The lowest BCUT2D eigenvalue weighted by Gasteiger charge is -2.41. The molecule has 2 atom stereocenters. The SMILES string of the molecule is Cc1cn([C@H]2CCCN(C(CC(C)(C)C)c3ccc(C#N)c(F)c3)C2)c(=O)[nH]c1=O. The second kappa shape index (κ2) is 8.57. The van der Waals surface area contributed by atoms with Crippen LogP contribution in [0, 0.1) is 29.5 Å². The van der Waals surface area contributed by atoms with Crippen LogP contribution in [0.5, 0.6) is 0 Å². The van der Waals surface area contributed by atoms with Crippen LogP contribution in [0.4, 0.5) is 4.39 Å². The average Bonchev–Trinajstić information content (AvgIpc) is 2.68. The molecule has 1 aromatic heterocycles. The van der Waals surface area contributed by atoms with Crippen LogP contribution in [0.25, 0.3) is 0 Å². The fourth-order valence-corrected chi connectivity index (χ4v) is 4.22. The molecule has 30 heavy (non-hydrogen) atoms. The lowest BCUT2D eigenvalue weighted by atomic mass is 9.83. The molecule has 1 unspecified atom stereocenters. The molecule has 0 saturated carbocycles. The molecule has 1 saturated heterocycles. The van der Waals surface area contributed by atoms with Crippen LogP contribution in [0.1, 0.15) is 68.8 Å². The van der Waals surface area contributed by atoms with Gasteiger partial charge in [-0.15, -0.1) is 0 Å². The molecule has 160 valence electrons. The number of nitriles is 1. The molecule has 1 aliphatic rings. The van der Waals surface area contributed by atoms with Crippen molar-refractivity contribution in [2.45, 2.75) is 59.0 Å². The smallest absolute Gasteiger partial charge is 0.296 e. The number of aromatic nitrogens is 2. The van der Waals surface area contributed by atoms with Crippen LogP contribution in [0.3, 0.4) is 0 Å². The van der Waals surface area contributed by atoms with Crippen LogP contribution < -0.4 is 11.2 Å². The van der Waals surface area contributed by atoms with E-state index in [9.17, 15) is 14.0 Å². The number of piperidine rings is 1. The van der Waals surface area contributed by atoms with Gasteiger partial charge in [-0.25, -0.2) is 9.18 Å². The van der Waals surface area contributed by atoms with Gasteiger partial charge in [0, 0.05) is 24.3 Å². The first-order valence-electron chi connectivity index (χ1n) is 10.3. The van der Waals surface area contributed by atoms with E-state index < -0.39 is 11.5 Å². The molecule has 1 fully saturated rings. The Morgan fingerprint density at radius 2 is 2.07 bits per heavy atom. The van der Waals surface area contributed by atoms with Crippen molar-refractivity contribution in [2.75, 3.05) is 13.1 Å². The summed E-state index contributed by atoms with van der Waals surface area (Å²) in [5.41, 5.74) is 0.643. The summed E-state index contributed by atoms with van der Waals surface area (Å²) in [6, 6.07) is 6.62.